The Labute approximate surface area is 79.7 Å². The highest BCUT2D eigenvalue weighted by Gasteiger charge is 2.01. The van der Waals surface area contributed by atoms with Crippen LogP contribution in [0, 0.1) is 6.92 Å². The molecule has 1 aliphatic heterocycles. The number of benzene rings is 1. The molecule has 1 aromatic carbocycles. The van der Waals surface area contributed by atoms with Gasteiger partial charge in [-0.15, -0.1) is 0 Å². The van der Waals surface area contributed by atoms with Crippen molar-refractivity contribution >= 4 is 11.4 Å². The van der Waals surface area contributed by atoms with Gasteiger partial charge in [-0.1, -0.05) is 19.9 Å². The van der Waals surface area contributed by atoms with Gasteiger partial charge < -0.3 is 10.6 Å². The minimum atomic E-state index is 1.14. The molecule has 1 aromatic rings. The maximum absolute atomic E-state index is 3.16. The van der Waals surface area contributed by atoms with E-state index in [2.05, 4.69) is 35.8 Å². The lowest BCUT2D eigenvalue weighted by Gasteiger charge is -2.14. The average molecular weight is 176 g/mol. The van der Waals surface area contributed by atoms with Gasteiger partial charge in [0.2, 0.25) is 0 Å². The number of anilines is 2. The fraction of sp³-hybridized carbons (Fsp3) is 0.273. The van der Waals surface area contributed by atoms with E-state index in [4.69, 9.17) is 0 Å². The van der Waals surface area contributed by atoms with E-state index in [0.717, 1.165) is 11.4 Å². The van der Waals surface area contributed by atoms with Crippen molar-refractivity contribution in [3.8, 4) is 0 Å². The first-order chi connectivity index (χ1) is 6.36. The van der Waals surface area contributed by atoms with E-state index in [1.165, 1.54) is 5.56 Å². The van der Waals surface area contributed by atoms with Crippen LogP contribution in [0.4, 0.5) is 11.4 Å². The van der Waals surface area contributed by atoms with E-state index in [0.29, 0.717) is 0 Å². The van der Waals surface area contributed by atoms with E-state index in [-0.39, 0.29) is 0 Å². The highest BCUT2D eigenvalue weighted by atomic mass is 15.0. The first kappa shape index (κ1) is 9.65. The van der Waals surface area contributed by atoms with Crippen LogP contribution in [0.25, 0.3) is 0 Å². The summed E-state index contributed by atoms with van der Waals surface area (Å²) in [5.41, 5.74) is 3.55. The van der Waals surface area contributed by atoms with Gasteiger partial charge in [-0.2, -0.15) is 0 Å². The second kappa shape index (κ2) is 4.55. The number of rotatable bonds is 0. The van der Waals surface area contributed by atoms with Crippen LogP contribution >= 0.6 is 0 Å². The average Bonchev–Trinajstić information content (AvgIpc) is 2.21. The maximum atomic E-state index is 3.16. The molecule has 0 aliphatic carbocycles. The molecule has 0 radical (unpaired) electrons. The van der Waals surface area contributed by atoms with Gasteiger partial charge in [-0.3, -0.25) is 0 Å². The van der Waals surface area contributed by atoms with Crippen LogP contribution < -0.4 is 10.6 Å². The monoisotopic (exact) mass is 176 g/mol. The summed E-state index contributed by atoms with van der Waals surface area (Å²) >= 11 is 0. The molecule has 0 amide bonds. The largest absolute Gasteiger partial charge is 0.359 e. The summed E-state index contributed by atoms with van der Waals surface area (Å²) in [6, 6.07) is 6.28. The molecule has 2 rings (SSSR count). The lowest BCUT2D eigenvalue weighted by molar-refractivity contribution is 1.41. The Balaban J connectivity index is 0.000000396. The maximum Gasteiger partial charge on any atom is 0.0621 e. The van der Waals surface area contributed by atoms with Gasteiger partial charge >= 0.3 is 0 Å². The lowest BCUT2D eigenvalue weighted by atomic mass is 10.2. The zero-order valence-corrected chi connectivity index (χ0v) is 8.39. The van der Waals surface area contributed by atoms with Crippen molar-refractivity contribution in [1.82, 2.24) is 0 Å². The summed E-state index contributed by atoms with van der Waals surface area (Å²) in [5, 5.41) is 6.31. The molecule has 1 aliphatic rings. The van der Waals surface area contributed by atoms with E-state index in [9.17, 15) is 0 Å². The van der Waals surface area contributed by atoms with Gasteiger partial charge in [-0.05, 0) is 24.6 Å². The Hall–Kier alpha value is -1.44. The van der Waals surface area contributed by atoms with Crippen LogP contribution in [0.2, 0.25) is 0 Å². The van der Waals surface area contributed by atoms with E-state index in [1.807, 2.05) is 26.2 Å². The van der Waals surface area contributed by atoms with Gasteiger partial charge in [0.15, 0.2) is 0 Å². The molecule has 0 aromatic heterocycles. The normalized spacial score (nSPS) is 11.6. The second-order valence-electron chi connectivity index (χ2n) is 2.67. The summed E-state index contributed by atoms with van der Waals surface area (Å²) in [6.07, 6.45) is 3.78. The Bertz CT molecular complexity index is 303. The van der Waals surface area contributed by atoms with Crippen LogP contribution in [0.1, 0.15) is 19.4 Å². The van der Waals surface area contributed by atoms with Crippen molar-refractivity contribution in [2.24, 2.45) is 0 Å². The number of hydrogen-bond acceptors (Lipinski definition) is 2. The Morgan fingerprint density at radius 1 is 0.923 bits per heavy atom. The minimum Gasteiger partial charge on any atom is -0.359 e. The zero-order chi connectivity index (χ0) is 9.68. The minimum absolute atomic E-state index is 1.14. The van der Waals surface area contributed by atoms with Gasteiger partial charge in [-0.25, -0.2) is 0 Å². The molecule has 2 nitrogen and oxygen atoms in total. The summed E-state index contributed by atoms with van der Waals surface area (Å²) in [7, 11) is 0. The predicted molar refractivity (Wildman–Crippen MR) is 58.9 cm³/mol. The van der Waals surface area contributed by atoms with Gasteiger partial charge in [0.05, 0.1) is 11.4 Å². The Morgan fingerprint density at radius 2 is 1.54 bits per heavy atom. The molecule has 70 valence electrons. The molecule has 0 saturated carbocycles. The molecule has 0 bridgehead atoms. The molecule has 2 heteroatoms. The van der Waals surface area contributed by atoms with Crippen LogP contribution in [0.15, 0.2) is 30.6 Å². The first-order valence-corrected chi connectivity index (χ1v) is 4.65. The van der Waals surface area contributed by atoms with Crippen LogP contribution in [-0.2, 0) is 0 Å². The predicted octanol–water partition coefficient (Wildman–Crippen LogP) is 3.33. The van der Waals surface area contributed by atoms with Crippen LogP contribution in [0.5, 0.6) is 0 Å². The third-order valence-corrected chi connectivity index (χ3v) is 1.74. The van der Waals surface area contributed by atoms with Crippen molar-refractivity contribution < 1.29 is 0 Å². The standard InChI is InChI=1S/C9H10N2.C2H6/c1-7-2-3-8-9(6-7)11-5-4-10-8;1-2/h2-6,10-11H,1H3;1-2H3. The Morgan fingerprint density at radius 3 is 2.23 bits per heavy atom. The Kier molecular flexibility index (Phi) is 3.38. The molecule has 0 unspecified atom stereocenters. The van der Waals surface area contributed by atoms with Crippen molar-refractivity contribution in [2.75, 3.05) is 10.6 Å². The van der Waals surface area contributed by atoms with Crippen LogP contribution in [0.3, 0.4) is 0 Å². The SMILES string of the molecule is CC.Cc1ccc2c(c1)NC=CN2. The molecule has 0 fully saturated rings. The number of hydrogen-bond donors (Lipinski definition) is 2. The lowest BCUT2D eigenvalue weighted by Crippen LogP contribution is -2.01. The molecule has 0 saturated heterocycles. The van der Waals surface area contributed by atoms with Crippen molar-refractivity contribution in [3.63, 3.8) is 0 Å². The second-order valence-corrected chi connectivity index (χ2v) is 2.67. The third-order valence-electron chi connectivity index (χ3n) is 1.74. The van der Waals surface area contributed by atoms with Crippen molar-refractivity contribution in [1.29, 1.82) is 0 Å². The molecular formula is C11H16N2. The van der Waals surface area contributed by atoms with E-state index >= 15 is 0 Å². The van der Waals surface area contributed by atoms with Crippen LogP contribution in [-0.4, -0.2) is 0 Å². The van der Waals surface area contributed by atoms with E-state index in [1.54, 1.807) is 0 Å². The summed E-state index contributed by atoms with van der Waals surface area (Å²) in [5.74, 6) is 0. The van der Waals surface area contributed by atoms with Gasteiger partial charge in [0, 0.05) is 12.4 Å². The quantitative estimate of drug-likeness (QED) is 0.633. The molecule has 2 N–H and O–H groups in total. The van der Waals surface area contributed by atoms with Gasteiger partial charge in [0.25, 0.3) is 0 Å². The summed E-state index contributed by atoms with van der Waals surface area (Å²) < 4.78 is 0. The van der Waals surface area contributed by atoms with Gasteiger partial charge in [0.1, 0.15) is 0 Å². The molecule has 0 spiro atoms. The number of fused-ring (bicyclic) bond motifs is 1. The smallest absolute Gasteiger partial charge is 0.0621 e. The van der Waals surface area contributed by atoms with Crippen molar-refractivity contribution in [3.05, 3.63) is 36.2 Å². The zero-order valence-electron chi connectivity index (χ0n) is 8.39. The summed E-state index contributed by atoms with van der Waals surface area (Å²) in [4.78, 5) is 0. The molecule has 13 heavy (non-hydrogen) atoms. The molecular weight excluding hydrogens is 160 g/mol. The summed E-state index contributed by atoms with van der Waals surface area (Å²) in [6.45, 7) is 6.08. The number of nitrogens with one attached hydrogen (secondary N) is 2. The first-order valence-electron chi connectivity index (χ1n) is 4.65. The number of aryl methyl sites for hydroxylation is 1. The van der Waals surface area contributed by atoms with Crippen molar-refractivity contribution in [2.45, 2.75) is 20.8 Å². The molecule has 0 atom stereocenters. The van der Waals surface area contributed by atoms with E-state index < -0.39 is 0 Å². The fourth-order valence-corrected chi connectivity index (χ4v) is 1.17. The highest BCUT2D eigenvalue weighted by molar-refractivity contribution is 5.73. The topological polar surface area (TPSA) is 24.1 Å². The fourth-order valence-electron chi connectivity index (χ4n) is 1.17. The third kappa shape index (κ3) is 2.25. The molecule has 1 heterocycles. The highest BCUT2D eigenvalue weighted by Crippen LogP contribution is 2.24.